The Morgan fingerprint density at radius 2 is 1.70 bits per heavy atom. The van der Waals surface area contributed by atoms with Crippen molar-refractivity contribution in [3.8, 4) is 34.1 Å². The smallest absolute Gasteiger partial charge is 0.338 e. The van der Waals surface area contributed by atoms with Gasteiger partial charge in [-0.05, 0) is 47.7 Å². The van der Waals surface area contributed by atoms with Gasteiger partial charge in [-0.1, -0.05) is 6.07 Å². The van der Waals surface area contributed by atoms with Crippen LogP contribution >= 0.6 is 0 Å². The van der Waals surface area contributed by atoms with Gasteiger partial charge in [-0.2, -0.15) is 0 Å². The fourth-order valence-corrected chi connectivity index (χ4v) is 5.90. The molecule has 3 aliphatic rings. The van der Waals surface area contributed by atoms with Gasteiger partial charge in [-0.25, -0.2) is 4.79 Å². The van der Waals surface area contributed by atoms with Gasteiger partial charge in [-0.15, -0.1) is 5.06 Å². The number of aliphatic hydroxyl groups is 2. The number of hydrogen-bond donors (Lipinski definition) is 3. The Hall–Kier alpha value is -3.95. The molecular weight excluding hydrogens is 568 g/mol. The lowest BCUT2D eigenvalue weighted by Crippen LogP contribution is -2.48. The molecule has 2 saturated heterocycles. The van der Waals surface area contributed by atoms with E-state index in [0.717, 1.165) is 10.6 Å². The van der Waals surface area contributed by atoms with Gasteiger partial charge >= 0.3 is 5.97 Å². The molecule has 5 rings (SSSR count). The quantitative estimate of drug-likeness (QED) is 0.261. The van der Waals surface area contributed by atoms with E-state index in [0.29, 0.717) is 46.8 Å². The van der Waals surface area contributed by atoms with Crippen molar-refractivity contribution in [2.75, 3.05) is 42.1 Å². The summed E-state index contributed by atoms with van der Waals surface area (Å²) >= 11 is 0. The Bertz CT molecular complexity index is 1470. The highest BCUT2D eigenvalue weighted by molar-refractivity contribution is 5.84. The van der Waals surface area contributed by atoms with Crippen molar-refractivity contribution in [2.45, 2.75) is 49.5 Å². The number of amides is 1. The topological polar surface area (TPSA) is 172 Å². The van der Waals surface area contributed by atoms with Gasteiger partial charge < -0.3 is 44.0 Å². The van der Waals surface area contributed by atoms with E-state index >= 15 is 0 Å². The van der Waals surface area contributed by atoms with Gasteiger partial charge in [0.05, 0.1) is 41.6 Å². The number of fused-ring (bicyclic) bond motifs is 4. The summed E-state index contributed by atoms with van der Waals surface area (Å²) < 4.78 is 32.9. The standard InChI is InChI=1S/C29H34N2O12/c1-37-18-9-7-14-15(11-17(18)32)16(8-6-13-10-19(38-2)24(39-3)25(40-4)21(13)14)30-20(33)12-31(41-5)28-22(34)26-27(42-28)23(35)29(36)43-26/h7,9-11,16,22-23,26-28,34-35H,6,8,12H2,1-5H3,(H,30,33)/t16-,22+,23-,26+,27+,28?/m0/s1. The zero-order valence-electron chi connectivity index (χ0n) is 24.3. The second-order valence-electron chi connectivity index (χ2n) is 10.2. The molecule has 2 fully saturated rings. The number of hydroxylamine groups is 2. The SMILES string of the molecule is COc1cc2c(c(OC)c1OC)-c1ccc(OC)c(=O)cc1[C@@H](NC(=O)CN(OC)C1O[C@H]3[C@H](OC(=O)[C@H]3O)[C@H]1O)CC2. The molecule has 2 heterocycles. The third kappa shape index (κ3) is 5.36. The van der Waals surface area contributed by atoms with Crippen LogP contribution in [0.3, 0.4) is 0 Å². The number of benzene rings is 1. The van der Waals surface area contributed by atoms with Crippen LogP contribution in [0, 0.1) is 0 Å². The Morgan fingerprint density at radius 3 is 2.33 bits per heavy atom. The third-order valence-electron chi connectivity index (χ3n) is 7.93. The summed E-state index contributed by atoms with van der Waals surface area (Å²) in [5.41, 5.74) is 2.30. The second kappa shape index (κ2) is 12.3. The summed E-state index contributed by atoms with van der Waals surface area (Å²) in [7, 11) is 7.23. The Morgan fingerprint density at radius 1 is 0.977 bits per heavy atom. The average molecular weight is 603 g/mol. The molecule has 232 valence electrons. The first-order chi connectivity index (χ1) is 20.7. The second-order valence-corrected chi connectivity index (χ2v) is 10.2. The molecule has 3 N–H and O–H groups in total. The number of hydrogen-bond acceptors (Lipinski definition) is 13. The molecule has 43 heavy (non-hydrogen) atoms. The zero-order valence-corrected chi connectivity index (χ0v) is 24.3. The Balaban J connectivity index is 1.48. The minimum atomic E-state index is -1.56. The van der Waals surface area contributed by atoms with Crippen molar-refractivity contribution in [1.29, 1.82) is 0 Å². The van der Waals surface area contributed by atoms with Crippen LogP contribution in [0.4, 0.5) is 0 Å². The van der Waals surface area contributed by atoms with Crippen LogP contribution in [-0.2, 0) is 30.3 Å². The highest BCUT2D eigenvalue weighted by atomic mass is 16.7. The van der Waals surface area contributed by atoms with Gasteiger partial charge in [0.15, 0.2) is 35.7 Å². The number of aliphatic hydroxyl groups excluding tert-OH is 2. The number of nitrogens with one attached hydrogen (secondary N) is 1. The fourth-order valence-electron chi connectivity index (χ4n) is 5.90. The molecule has 2 aromatic carbocycles. The van der Waals surface area contributed by atoms with Crippen LogP contribution < -0.4 is 29.7 Å². The largest absolute Gasteiger partial charge is 0.493 e. The molecule has 2 aromatic rings. The first-order valence-corrected chi connectivity index (χ1v) is 13.5. The number of nitrogens with zero attached hydrogens (tertiary/aromatic N) is 1. The summed E-state index contributed by atoms with van der Waals surface area (Å²) in [6.45, 7) is -0.391. The predicted octanol–water partition coefficient (Wildman–Crippen LogP) is 0.0872. The zero-order chi connectivity index (χ0) is 31.0. The minimum Gasteiger partial charge on any atom is -0.493 e. The summed E-state index contributed by atoms with van der Waals surface area (Å²) in [6, 6.07) is 5.93. The monoisotopic (exact) mass is 602 g/mol. The number of esters is 1. The summed E-state index contributed by atoms with van der Waals surface area (Å²) in [5.74, 6) is -0.0289. The van der Waals surface area contributed by atoms with Crippen LogP contribution in [0.1, 0.15) is 23.6 Å². The highest BCUT2D eigenvalue weighted by Crippen LogP contribution is 2.50. The molecule has 1 amide bonds. The van der Waals surface area contributed by atoms with Crippen LogP contribution in [-0.4, -0.2) is 99.9 Å². The molecule has 0 spiro atoms. The lowest BCUT2D eigenvalue weighted by atomic mass is 9.95. The van der Waals surface area contributed by atoms with E-state index in [4.69, 9.17) is 33.3 Å². The number of aryl methyl sites for hydroxylation is 1. The van der Waals surface area contributed by atoms with Gasteiger partial charge in [0, 0.05) is 5.56 Å². The Labute approximate surface area is 246 Å². The molecular formula is C29H34N2O12. The minimum absolute atomic E-state index is 0.116. The number of ether oxygens (including phenoxy) is 6. The average Bonchev–Trinajstić information content (AvgIpc) is 3.34. The summed E-state index contributed by atoms with van der Waals surface area (Å²) in [4.78, 5) is 43.5. The van der Waals surface area contributed by atoms with Gasteiger partial charge in [0.1, 0.15) is 18.8 Å². The highest BCUT2D eigenvalue weighted by Gasteiger charge is 2.58. The molecule has 14 nitrogen and oxygen atoms in total. The number of carbonyl (C=O) groups is 2. The van der Waals surface area contributed by atoms with E-state index in [1.165, 1.54) is 41.6 Å². The molecule has 0 saturated carbocycles. The normalized spacial score (nSPS) is 25.6. The number of methoxy groups -OCH3 is 4. The van der Waals surface area contributed by atoms with E-state index < -0.39 is 55.1 Å². The first kappa shape index (κ1) is 30.5. The Kier molecular flexibility index (Phi) is 8.76. The lowest BCUT2D eigenvalue weighted by Gasteiger charge is -2.29. The van der Waals surface area contributed by atoms with Crippen molar-refractivity contribution >= 4 is 11.9 Å². The van der Waals surface area contributed by atoms with Crippen LogP contribution in [0.5, 0.6) is 23.0 Å². The van der Waals surface area contributed by atoms with Crippen molar-refractivity contribution in [2.24, 2.45) is 0 Å². The molecule has 0 radical (unpaired) electrons. The van der Waals surface area contributed by atoms with Crippen LogP contribution in [0.2, 0.25) is 0 Å². The van der Waals surface area contributed by atoms with Gasteiger partial charge in [-0.3, -0.25) is 14.4 Å². The molecule has 1 aliphatic carbocycles. The van der Waals surface area contributed by atoms with Gasteiger partial charge in [0.25, 0.3) is 0 Å². The van der Waals surface area contributed by atoms with Crippen molar-refractivity contribution in [3.05, 3.63) is 45.6 Å². The molecule has 14 heteroatoms. The van der Waals surface area contributed by atoms with Crippen molar-refractivity contribution in [1.82, 2.24) is 10.4 Å². The molecule has 2 aliphatic heterocycles. The molecule has 6 atom stereocenters. The summed E-state index contributed by atoms with van der Waals surface area (Å²) in [6.07, 6.45) is -5.46. The molecule has 0 bridgehead atoms. The van der Waals surface area contributed by atoms with Crippen molar-refractivity contribution < 1.29 is 53.1 Å². The van der Waals surface area contributed by atoms with Gasteiger partial charge in [0.2, 0.25) is 17.1 Å². The van der Waals surface area contributed by atoms with E-state index in [1.807, 2.05) is 6.07 Å². The fraction of sp³-hybridized carbons (Fsp3) is 0.483. The molecule has 1 unspecified atom stereocenters. The van der Waals surface area contributed by atoms with Crippen LogP contribution in [0.15, 0.2) is 29.1 Å². The van der Waals surface area contributed by atoms with E-state index in [2.05, 4.69) is 5.32 Å². The van der Waals surface area contributed by atoms with Crippen molar-refractivity contribution in [3.63, 3.8) is 0 Å². The lowest BCUT2D eigenvalue weighted by molar-refractivity contribution is -0.251. The maximum absolute atomic E-state index is 13.4. The van der Waals surface area contributed by atoms with E-state index in [1.54, 1.807) is 12.1 Å². The van der Waals surface area contributed by atoms with Crippen LogP contribution in [0.25, 0.3) is 11.1 Å². The van der Waals surface area contributed by atoms with E-state index in [9.17, 15) is 24.6 Å². The van der Waals surface area contributed by atoms with E-state index in [-0.39, 0.29) is 11.2 Å². The third-order valence-corrected chi connectivity index (χ3v) is 7.93. The number of rotatable bonds is 9. The summed E-state index contributed by atoms with van der Waals surface area (Å²) in [5, 5.41) is 24.8. The maximum atomic E-state index is 13.4. The first-order valence-electron chi connectivity index (χ1n) is 13.5. The predicted molar refractivity (Wildman–Crippen MR) is 148 cm³/mol. The maximum Gasteiger partial charge on any atom is 0.338 e. The number of carbonyl (C=O) groups excluding carboxylic acids is 2. The molecule has 0 aromatic heterocycles.